The lowest BCUT2D eigenvalue weighted by atomic mass is 9.33. The fraction of sp³-hybridized carbons (Fsp3) is 0.867. The van der Waals surface area contributed by atoms with Crippen molar-refractivity contribution in [1.29, 1.82) is 0 Å². The molecule has 0 spiro atoms. The molecule has 0 amide bonds. The van der Waals surface area contributed by atoms with Gasteiger partial charge in [0.2, 0.25) is 0 Å². The van der Waals surface area contributed by atoms with Gasteiger partial charge in [0.1, 0.15) is 11.7 Å². The van der Waals surface area contributed by atoms with Crippen LogP contribution in [0.4, 0.5) is 0 Å². The maximum absolute atomic E-state index is 12.8. The second-order valence-corrected chi connectivity index (χ2v) is 14.8. The lowest BCUT2D eigenvalue weighted by molar-refractivity contribution is -0.217. The fourth-order valence-electron chi connectivity index (χ4n) is 10.6. The number of hydrogen-bond acceptors (Lipinski definition) is 4. The van der Waals surface area contributed by atoms with Gasteiger partial charge in [0.05, 0.1) is 17.6 Å². The van der Waals surface area contributed by atoms with Crippen molar-refractivity contribution >= 4 is 12.3 Å². The van der Waals surface area contributed by atoms with E-state index in [1.165, 1.54) is 5.57 Å². The summed E-state index contributed by atoms with van der Waals surface area (Å²) in [6.45, 7) is 13.5. The molecule has 0 heterocycles. The Morgan fingerprint density at radius 2 is 1.60 bits per heavy atom. The zero-order chi connectivity index (χ0) is 25.8. The van der Waals surface area contributed by atoms with E-state index in [-0.39, 0.29) is 33.5 Å². The molecule has 5 aliphatic carbocycles. The van der Waals surface area contributed by atoms with Crippen LogP contribution in [0.5, 0.6) is 0 Å². The number of hydrogen-bond donors (Lipinski definition) is 3. The number of carbonyl (C=O) groups is 2. The van der Waals surface area contributed by atoms with Crippen molar-refractivity contribution in [3.63, 3.8) is 0 Å². The Labute approximate surface area is 210 Å². The molecule has 0 radical (unpaired) electrons. The zero-order valence-electron chi connectivity index (χ0n) is 22.6. The molecule has 0 saturated heterocycles. The molecule has 4 saturated carbocycles. The molecular weight excluding hydrogens is 440 g/mol. The van der Waals surface area contributed by atoms with Gasteiger partial charge in [-0.1, -0.05) is 53.2 Å². The van der Waals surface area contributed by atoms with Crippen molar-refractivity contribution in [3.05, 3.63) is 11.6 Å². The van der Waals surface area contributed by atoms with Crippen LogP contribution in [0.3, 0.4) is 0 Å². The van der Waals surface area contributed by atoms with Crippen LogP contribution >= 0.6 is 0 Å². The van der Waals surface area contributed by atoms with Gasteiger partial charge in [-0.3, -0.25) is 4.79 Å². The van der Waals surface area contributed by atoms with Crippen molar-refractivity contribution in [2.75, 3.05) is 0 Å². The molecular formula is C30H46O5. The predicted octanol–water partition coefficient (Wildman–Crippen LogP) is 5.38. The molecule has 196 valence electrons. The molecule has 4 fully saturated rings. The third-order valence-corrected chi connectivity index (χ3v) is 13.0. The van der Waals surface area contributed by atoms with Gasteiger partial charge in [-0.2, -0.15) is 0 Å². The van der Waals surface area contributed by atoms with E-state index in [1.807, 2.05) is 6.92 Å². The average molecular weight is 487 g/mol. The average Bonchev–Trinajstić information content (AvgIpc) is 2.76. The van der Waals surface area contributed by atoms with Crippen molar-refractivity contribution in [3.8, 4) is 0 Å². The summed E-state index contributed by atoms with van der Waals surface area (Å²) in [7, 11) is 0. The largest absolute Gasteiger partial charge is 0.481 e. The van der Waals surface area contributed by atoms with Crippen LogP contribution in [-0.2, 0) is 9.59 Å². The highest BCUT2D eigenvalue weighted by molar-refractivity contribution is 5.77. The topological polar surface area (TPSA) is 94.8 Å². The third kappa shape index (κ3) is 2.94. The normalized spacial score (nSPS) is 54.9. The Morgan fingerprint density at radius 3 is 2.23 bits per heavy atom. The molecule has 0 aliphatic heterocycles. The fourth-order valence-corrected chi connectivity index (χ4v) is 10.6. The number of aliphatic hydroxyl groups excluding tert-OH is 2. The van der Waals surface area contributed by atoms with Gasteiger partial charge in [0.15, 0.2) is 0 Å². The quantitative estimate of drug-likeness (QED) is 0.360. The number of carbonyl (C=O) groups excluding carboxylic acids is 1. The molecule has 5 aliphatic rings. The Hall–Kier alpha value is -1.20. The van der Waals surface area contributed by atoms with Gasteiger partial charge in [-0.15, -0.1) is 0 Å². The minimum atomic E-state index is -1.09. The Kier molecular flexibility index (Phi) is 5.40. The van der Waals surface area contributed by atoms with Crippen molar-refractivity contribution in [1.82, 2.24) is 0 Å². The van der Waals surface area contributed by atoms with Gasteiger partial charge in [-0.25, -0.2) is 0 Å². The number of carboxylic acids is 1. The summed E-state index contributed by atoms with van der Waals surface area (Å²) in [5.41, 5.74) is -0.934. The van der Waals surface area contributed by atoms with Gasteiger partial charge in [0.25, 0.3) is 0 Å². The summed E-state index contributed by atoms with van der Waals surface area (Å²) >= 11 is 0. The molecule has 35 heavy (non-hydrogen) atoms. The first-order chi connectivity index (χ1) is 16.1. The first-order valence-electron chi connectivity index (χ1n) is 13.9. The number of aliphatic hydroxyl groups is 2. The molecule has 0 aromatic carbocycles. The molecule has 5 nitrogen and oxygen atoms in total. The molecule has 3 N–H and O–H groups in total. The van der Waals surface area contributed by atoms with E-state index >= 15 is 0 Å². The molecule has 5 heteroatoms. The standard InChI is InChI=1S/C30H46O5/c1-25(2)13-14-30(24(34)35)19(15-25)18-7-8-21-26(3)11-10-22(32)27(4,17-31)20(26)9-12-28(21,5)29(18,6)16-23(30)33/h7,17,19-23,32-33H,8-16H2,1-6H3,(H,34,35)/t19?,20-,21?,22+,23+,26?,27-,28+,29-,30?/m1/s1. The number of aldehydes is 1. The lowest BCUT2D eigenvalue weighted by Gasteiger charge is -2.71. The van der Waals surface area contributed by atoms with Crippen LogP contribution in [0.25, 0.3) is 0 Å². The van der Waals surface area contributed by atoms with Crippen LogP contribution < -0.4 is 0 Å². The van der Waals surface area contributed by atoms with Gasteiger partial charge in [-0.05, 0) is 97.2 Å². The number of rotatable bonds is 2. The Bertz CT molecular complexity index is 970. The van der Waals surface area contributed by atoms with Crippen LogP contribution in [-0.4, -0.2) is 39.8 Å². The first kappa shape index (κ1) is 25.4. The Morgan fingerprint density at radius 1 is 0.914 bits per heavy atom. The van der Waals surface area contributed by atoms with E-state index in [1.54, 1.807) is 0 Å². The maximum Gasteiger partial charge on any atom is 0.312 e. The van der Waals surface area contributed by atoms with E-state index in [4.69, 9.17) is 0 Å². The van der Waals surface area contributed by atoms with Gasteiger partial charge < -0.3 is 20.1 Å². The molecule has 0 aromatic rings. The summed E-state index contributed by atoms with van der Waals surface area (Å²) in [6, 6.07) is 0. The van der Waals surface area contributed by atoms with Crippen molar-refractivity contribution < 1.29 is 24.9 Å². The summed E-state index contributed by atoms with van der Waals surface area (Å²) in [6.07, 6.45) is 8.83. The highest BCUT2D eigenvalue weighted by Crippen LogP contribution is 2.75. The molecule has 0 bridgehead atoms. The molecule has 10 atom stereocenters. The van der Waals surface area contributed by atoms with Gasteiger partial charge >= 0.3 is 5.97 Å². The van der Waals surface area contributed by atoms with Crippen LogP contribution in [0.15, 0.2) is 11.6 Å². The predicted molar refractivity (Wildman–Crippen MR) is 134 cm³/mol. The van der Waals surface area contributed by atoms with E-state index in [0.29, 0.717) is 25.2 Å². The monoisotopic (exact) mass is 486 g/mol. The van der Waals surface area contributed by atoms with E-state index < -0.39 is 29.0 Å². The first-order valence-corrected chi connectivity index (χ1v) is 13.9. The third-order valence-electron chi connectivity index (χ3n) is 13.0. The maximum atomic E-state index is 12.8. The minimum absolute atomic E-state index is 0.0507. The lowest BCUT2D eigenvalue weighted by Crippen LogP contribution is -2.67. The SMILES string of the molecule is CC1(C)CCC2(C(=O)O)C(C1)C1=CCC3C4(C)CC[C@H](O)[C@](C)(C=O)[C@@H]4CC[C@]3(C)[C@]1(C)C[C@@H]2O. The van der Waals surface area contributed by atoms with Crippen LogP contribution in [0, 0.1) is 50.2 Å². The number of carboxylic acid groups (broad SMARTS) is 1. The summed E-state index contributed by atoms with van der Waals surface area (Å²) in [5, 5.41) is 33.0. The Balaban J connectivity index is 1.63. The van der Waals surface area contributed by atoms with E-state index in [0.717, 1.165) is 44.8 Å². The smallest absolute Gasteiger partial charge is 0.312 e. The highest BCUT2D eigenvalue weighted by Gasteiger charge is 2.71. The summed E-state index contributed by atoms with van der Waals surface area (Å²) in [4.78, 5) is 25.1. The minimum Gasteiger partial charge on any atom is -0.481 e. The van der Waals surface area contributed by atoms with Gasteiger partial charge in [0, 0.05) is 0 Å². The van der Waals surface area contributed by atoms with Crippen molar-refractivity contribution in [2.24, 2.45) is 50.2 Å². The second kappa shape index (κ2) is 7.43. The van der Waals surface area contributed by atoms with Crippen molar-refractivity contribution in [2.45, 2.75) is 112 Å². The molecule has 0 aromatic heterocycles. The van der Waals surface area contributed by atoms with E-state index in [9.17, 15) is 24.9 Å². The molecule has 5 rings (SSSR count). The van der Waals surface area contributed by atoms with Crippen LogP contribution in [0.1, 0.15) is 99.3 Å². The number of fused-ring (bicyclic) bond motifs is 7. The number of aliphatic carboxylic acids is 1. The summed E-state index contributed by atoms with van der Waals surface area (Å²) in [5.74, 6) is -0.517. The van der Waals surface area contributed by atoms with E-state index in [2.05, 4.69) is 40.7 Å². The van der Waals surface area contributed by atoms with Crippen LogP contribution in [0.2, 0.25) is 0 Å². The molecule has 4 unspecified atom stereocenters. The number of allylic oxidation sites excluding steroid dienone is 2. The summed E-state index contributed by atoms with van der Waals surface area (Å²) < 4.78 is 0. The zero-order valence-corrected chi connectivity index (χ0v) is 22.6. The highest BCUT2D eigenvalue weighted by atomic mass is 16.4. The second-order valence-electron chi connectivity index (χ2n) is 14.8.